The largest absolute Gasteiger partial charge is 0.497 e. The van der Waals surface area contributed by atoms with Crippen LogP contribution in [0.5, 0.6) is 11.5 Å². The van der Waals surface area contributed by atoms with Crippen molar-refractivity contribution in [2.24, 2.45) is 0 Å². The molecular formula is C14H20O4. The normalized spacial score (nSPS) is 9.94. The Morgan fingerprint density at radius 1 is 1.00 bits per heavy atom. The molecule has 100 valence electrons. The fraction of sp³-hybridized carbons (Fsp3) is 0.500. The van der Waals surface area contributed by atoms with E-state index in [1.807, 2.05) is 18.2 Å². The summed E-state index contributed by atoms with van der Waals surface area (Å²) in [5.74, 6) is 1.42. The van der Waals surface area contributed by atoms with Gasteiger partial charge in [-0.2, -0.15) is 0 Å². The lowest BCUT2D eigenvalue weighted by molar-refractivity contribution is -0.140. The molecule has 0 radical (unpaired) electrons. The third-order valence-corrected chi connectivity index (χ3v) is 2.74. The Morgan fingerprint density at radius 3 is 2.11 bits per heavy atom. The molecule has 0 atom stereocenters. The van der Waals surface area contributed by atoms with Crippen LogP contribution < -0.4 is 9.47 Å². The highest BCUT2D eigenvalue weighted by atomic mass is 16.5. The molecule has 0 N–H and O–H groups in total. The zero-order valence-electron chi connectivity index (χ0n) is 11.2. The Bertz CT molecular complexity index is 365. The van der Waals surface area contributed by atoms with Crippen LogP contribution in [0.1, 0.15) is 24.8 Å². The zero-order valence-corrected chi connectivity index (χ0v) is 11.2. The van der Waals surface area contributed by atoms with Crippen molar-refractivity contribution in [2.75, 3.05) is 21.3 Å². The number of aryl methyl sites for hydroxylation is 1. The second-order valence-electron chi connectivity index (χ2n) is 4.00. The summed E-state index contributed by atoms with van der Waals surface area (Å²) in [7, 11) is 4.68. The van der Waals surface area contributed by atoms with E-state index in [9.17, 15) is 4.79 Å². The molecular weight excluding hydrogens is 232 g/mol. The van der Waals surface area contributed by atoms with Crippen LogP contribution in [-0.2, 0) is 16.0 Å². The van der Waals surface area contributed by atoms with E-state index in [4.69, 9.17) is 9.47 Å². The molecule has 0 aliphatic heterocycles. The van der Waals surface area contributed by atoms with Gasteiger partial charge < -0.3 is 14.2 Å². The average Bonchev–Trinajstić information content (AvgIpc) is 2.42. The minimum Gasteiger partial charge on any atom is -0.497 e. The van der Waals surface area contributed by atoms with Gasteiger partial charge >= 0.3 is 5.97 Å². The van der Waals surface area contributed by atoms with Gasteiger partial charge in [0.15, 0.2) is 0 Å². The second kappa shape index (κ2) is 7.58. The average molecular weight is 252 g/mol. The molecule has 0 heterocycles. The summed E-state index contributed by atoms with van der Waals surface area (Å²) in [6.07, 6.45) is 3.12. The van der Waals surface area contributed by atoms with Gasteiger partial charge in [0.25, 0.3) is 0 Å². The molecule has 0 saturated heterocycles. The minimum absolute atomic E-state index is 0.154. The molecule has 0 saturated carbocycles. The van der Waals surface area contributed by atoms with Crippen molar-refractivity contribution in [3.8, 4) is 11.5 Å². The number of ether oxygens (including phenoxy) is 3. The highest BCUT2D eigenvalue weighted by molar-refractivity contribution is 5.68. The number of unbranched alkanes of at least 4 members (excludes halogenated alkanes) is 1. The predicted octanol–water partition coefficient (Wildman–Crippen LogP) is 2.59. The van der Waals surface area contributed by atoms with Crippen LogP contribution in [0.2, 0.25) is 0 Å². The highest BCUT2D eigenvalue weighted by Crippen LogP contribution is 2.23. The first-order chi connectivity index (χ1) is 8.69. The lowest BCUT2D eigenvalue weighted by Crippen LogP contribution is -2.00. The fourth-order valence-electron chi connectivity index (χ4n) is 1.71. The number of rotatable bonds is 7. The molecule has 0 amide bonds. The van der Waals surface area contributed by atoms with Gasteiger partial charge in [0.1, 0.15) is 11.5 Å². The Morgan fingerprint density at radius 2 is 1.61 bits per heavy atom. The number of hydrogen-bond donors (Lipinski definition) is 0. The quantitative estimate of drug-likeness (QED) is 0.552. The van der Waals surface area contributed by atoms with Crippen LogP contribution in [0.15, 0.2) is 18.2 Å². The Kier molecular flexibility index (Phi) is 6.05. The van der Waals surface area contributed by atoms with E-state index in [-0.39, 0.29) is 5.97 Å². The maximum Gasteiger partial charge on any atom is 0.305 e. The lowest BCUT2D eigenvalue weighted by atomic mass is 10.1. The minimum atomic E-state index is -0.154. The van der Waals surface area contributed by atoms with Gasteiger partial charge in [0.05, 0.1) is 21.3 Å². The molecule has 1 aromatic rings. The van der Waals surface area contributed by atoms with Gasteiger partial charge in [-0.1, -0.05) is 0 Å². The molecule has 4 nitrogen and oxygen atoms in total. The molecule has 0 aromatic heterocycles. The molecule has 0 bridgehead atoms. The molecule has 0 spiro atoms. The molecule has 0 unspecified atom stereocenters. The summed E-state index contributed by atoms with van der Waals surface area (Å²) in [5, 5.41) is 0. The van der Waals surface area contributed by atoms with Crippen molar-refractivity contribution in [2.45, 2.75) is 25.7 Å². The van der Waals surface area contributed by atoms with Crippen LogP contribution >= 0.6 is 0 Å². The standard InChI is InChI=1S/C14H20O4/c1-16-12-8-11(9-13(10-12)17-2)6-4-5-7-14(15)18-3/h8-10H,4-7H2,1-3H3. The fourth-order valence-corrected chi connectivity index (χ4v) is 1.71. The lowest BCUT2D eigenvalue weighted by Gasteiger charge is -2.08. The Labute approximate surface area is 108 Å². The van der Waals surface area contributed by atoms with Gasteiger partial charge in [-0.15, -0.1) is 0 Å². The summed E-state index contributed by atoms with van der Waals surface area (Å²) in [4.78, 5) is 11.0. The topological polar surface area (TPSA) is 44.8 Å². The van der Waals surface area contributed by atoms with E-state index in [0.29, 0.717) is 6.42 Å². The maximum atomic E-state index is 11.0. The van der Waals surface area contributed by atoms with Gasteiger partial charge in [0, 0.05) is 12.5 Å². The van der Waals surface area contributed by atoms with Crippen LogP contribution in [0.3, 0.4) is 0 Å². The van der Waals surface area contributed by atoms with Crippen molar-refractivity contribution in [3.05, 3.63) is 23.8 Å². The number of carbonyl (C=O) groups excluding carboxylic acids is 1. The van der Waals surface area contributed by atoms with E-state index in [2.05, 4.69) is 4.74 Å². The summed E-state index contributed by atoms with van der Waals surface area (Å²) in [6, 6.07) is 5.82. The first-order valence-electron chi connectivity index (χ1n) is 5.98. The predicted molar refractivity (Wildman–Crippen MR) is 69.1 cm³/mol. The van der Waals surface area contributed by atoms with Crippen molar-refractivity contribution in [1.82, 2.24) is 0 Å². The molecule has 0 aliphatic carbocycles. The number of esters is 1. The third-order valence-electron chi connectivity index (χ3n) is 2.74. The van der Waals surface area contributed by atoms with Crippen molar-refractivity contribution >= 4 is 5.97 Å². The van der Waals surface area contributed by atoms with Crippen LogP contribution in [0, 0.1) is 0 Å². The Hall–Kier alpha value is -1.71. The van der Waals surface area contributed by atoms with E-state index < -0.39 is 0 Å². The number of methoxy groups -OCH3 is 3. The summed E-state index contributed by atoms with van der Waals surface area (Å²) in [6.45, 7) is 0. The smallest absolute Gasteiger partial charge is 0.305 e. The van der Waals surface area contributed by atoms with Crippen molar-refractivity contribution < 1.29 is 19.0 Å². The zero-order chi connectivity index (χ0) is 13.4. The van der Waals surface area contributed by atoms with Crippen molar-refractivity contribution in [3.63, 3.8) is 0 Å². The summed E-state index contributed by atoms with van der Waals surface area (Å²) < 4.78 is 15.0. The van der Waals surface area contributed by atoms with Gasteiger partial charge in [-0.3, -0.25) is 4.79 Å². The van der Waals surface area contributed by atoms with Crippen LogP contribution in [0.4, 0.5) is 0 Å². The Balaban J connectivity index is 2.48. The number of carbonyl (C=O) groups is 1. The first kappa shape index (κ1) is 14.4. The number of benzene rings is 1. The number of hydrogen-bond acceptors (Lipinski definition) is 4. The molecule has 1 aromatic carbocycles. The molecule has 0 aliphatic rings. The van der Waals surface area contributed by atoms with Crippen molar-refractivity contribution in [1.29, 1.82) is 0 Å². The molecule has 4 heteroatoms. The SMILES string of the molecule is COC(=O)CCCCc1cc(OC)cc(OC)c1. The highest BCUT2D eigenvalue weighted by Gasteiger charge is 2.03. The van der Waals surface area contributed by atoms with E-state index in [1.165, 1.54) is 7.11 Å². The summed E-state index contributed by atoms with van der Waals surface area (Å²) in [5.41, 5.74) is 1.15. The maximum absolute atomic E-state index is 11.0. The van der Waals surface area contributed by atoms with Gasteiger partial charge in [-0.05, 0) is 37.0 Å². The third kappa shape index (κ3) is 4.65. The van der Waals surface area contributed by atoms with E-state index in [1.54, 1.807) is 14.2 Å². The molecule has 1 rings (SSSR count). The monoisotopic (exact) mass is 252 g/mol. The van der Waals surface area contributed by atoms with E-state index >= 15 is 0 Å². The second-order valence-corrected chi connectivity index (χ2v) is 4.00. The summed E-state index contributed by atoms with van der Waals surface area (Å²) >= 11 is 0. The molecule has 18 heavy (non-hydrogen) atoms. The van der Waals surface area contributed by atoms with Crippen LogP contribution in [-0.4, -0.2) is 27.3 Å². The molecule has 0 fully saturated rings. The first-order valence-corrected chi connectivity index (χ1v) is 5.98. The van der Waals surface area contributed by atoms with Gasteiger partial charge in [-0.25, -0.2) is 0 Å². The van der Waals surface area contributed by atoms with E-state index in [0.717, 1.165) is 36.3 Å². The van der Waals surface area contributed by atoms with Crippen LogP contribution in [0.25, 0.3) is 0 Å². The van der Waals surface area contributed by atoms with Gasteiger partial charge in [0.2, 0.25) is 0 Å².